The van der Waals surface area contributed by atoms with Crippen molar-refractivity contribution in [2.45, 2.75) is 46.2 Å². The number of nitrogens with one attached hydrogen (secondary N) is 1. The molecule has 0 aliphatic carbocycles. The molecule has 0 bridgehead atoms. The Kier molecular flexibility index (Phi) is 11.5. The molecular weight excluding hydrogens is 587 g/mol. The monoisotopic (exact) mass is 618 g/mol. The maximum Gasteiger partial charge on any atom is 0.261 e. The number of carbonyl (C=O) groups is 2. The summed E-state index contributed by atoms with van der Waals surface area (Å²) in [5.74, 6) is 0.263. The van der Waals surface area contributed by atoms with Crippen molar-refractivity contribution in [3.8, 4) is 5.75 Å². The van der Waals surface area contributed by atoms with E-state index in [9.17, 15) is 9.59 Å². The summed E-state index contributed by atoms with van der Waals surface area (Å²) in [5.41, 5.74) is 2.78. The molecule has 0 spiro atoms. The van der Waals surface area contributed by atoms with Crippen LogP contribution in [0.2, 0.25) is 10.0 Å². The lowest BCUT2D eigenvalue weighted by Crippen LogP contribution is -2.52. The van der Waals surface area contributed by atoms with Gasteiger partial charge in [0.05, 0.1) is 4.47 Å². The van der Waals surface area contributed by atoms with Crippen molar-refractivity contribution in [2.24, 2.45) is 5.92 Å². The summed E-state index contributed by atoms with van der Waals surface area (Å²) in [6.45, 7) is 6.51. The Hall–Kier alpha value is -2.54. The SMILES string of the molecule is CCc1ccc(OCC(=O)N(Cc2ccc(Cl)cc2Cl)[C@H](Cc2ccccc2)C(=O)NCC(C)C)c(Br)c1. The smallest absolute Gasteiger partial charge is 0.261 e. The van der Waals surface area contributed by atoms with Gasteiger partial charge in [0.15, 0.2) is 6.61 Å². The second-order valence-electron chi connectivity index (χ2n) is 9.51. The number of nitrogens with zero attached hydrogens (tertiary/aromatic N) is 1. The number of ether oxygens (including phenoxy) is 1. The molecule has 2 amide bonds. The van der Waals surface area contributed by atoms with Gasteiger partial charge < -0.3 is 15.0 Å². The highest BCUT2D eigenvalue weighted by atomic mass is 79.9. The fourth-order valence-electron chi connectivity index (χ4n) is 3.91. The highest BCUT2D eigenvalue weighted by molar-refractivity contribution is 9.10. The van der Waals surface area contributed by atoms with Crippen LogP contribution in [0.3, 0.4) is 0 Å². The predicted octanol–water partition coefficient (Wildman–Crippen LogP) is 7.11. The van der Waals surface area contributed by atoms with Gasteiger partial charge in [-0.1, -0.05) is 86.4 Å². The fraction of sp³-hybridized carbons (Fsp3) is 0.333. The number of benzene rings is 3. The van der Waals surface area contributed by atoms with Gasteiger partial charge in [0.2, 0.25) is 5.91 Å². The van der Waals surface area contributed by atoms with Crippen molar-refractivity contribution < 1.29 is 14.3 Å². The van der Waals surface area contributed by atoms with Crippen LogP contribution in [0.4, 0.5) is 0 Å². The summed E-state index contributed by atoms with van der Waals surface area (Å²) in [6.07, 6.45) is 1.23. The second kappa shape index (κ2) is 14.6. The molecule has 0 saturated carbocycles. The van der Waals surface area contributed by atoms with Crippen molar-refractivity contribution in [3.63, 3.8) is 0 Å². The third-order valence-corrected chi connectivity index (χ3v) is 7.27. The molecule has 202 valence electrons. The van der Waals surface area contributed by atoms with E-state index in [1.165, 1.54) is 0 Å². The van der Waals surface area contributed by atoms with Crippen LogP contribution in [0, 0.1) is 5.92 Å². The molecule has 0 aliphatic rings. The molecule has 0 aromatic heterocycles. The lowest BCUT2D eigenvalue weighted by atomic mass is 10.0. The Labute approximate surface area is 243 Å². The van der Waals surface area contributed by atoms with E-state index in [0.717, 1.165) is 22.0 Å². The minimum atomic E-state index is -0.773. The maximum absolute atomic E-state index is 13.7. The Morgan fingerprint density at radius 1 is 1.00 bits per heavy atom. The van der Waals surface area contributed by atoms with E-state index in [2.05, 4.69) is 28.2 Å². The van der Waals surface area contributed by atoms with Gasteiger partial charge in [-0.25, -0.2) is 0 Å². The number of rotatable bonds is 12. The summed E-state index contributed by atoms with van der Waals surface area (Å²) < 4.78 is 6.69. The van der Waals surface area contributed by atoms with Crippen molar-refractivity contribution in [1.29, 1.82) is 0 Å². The van der Waals surface area contributed by atoms with Crippen molar-refractivity contribution in [3.05, 3.63) is 97.9 Å². The fourth-order valence-corrected chi connectivity index (χ4v) is 4.92. The van der Waals surface area contributed by atoms with E-state index in [1.54, 1.807) is 23.1 Å². The minimum absolute atomic E-state index is 0.126. The van der Waals surface area contributed by atoms with E-state index in [4.69, 9.17) is 27.9 Å². The van der Waals surface area contributed by atoms with Crippen LogP contribution < -0.4 is 10.1 Å². The summed E-state index contributed by atoms with van der Waals surface area (Å²) in [7, 11) is 0. The zero-order valence-corrected chi connectivity index (χ0v) is 24.9. The quantitative estimate of drug-likeness (QED) is 0.235. The highest BCUT2D eigenvalue weighted by Gasteiger charge is 2.31. The molecule has 3 aromatic rings. The molecule has 5 nitrogen and oxygen atoms in total. The van der Waals surface area contributed by atoms with Gasteiger partial charge in [0, 0.05) is 29.6 Å². The third kappa shape index (κ3) is 8.75. The molecule has 38 heavy (non-hydrogen) atoms. The van der Waals surface area contributed by atoms with Gasteiger partial charge in [0.25, 0.3) is 5.91 Å². The van der Waals surface area contributed by atoms with Gasteiger partial charge in [-0.2, -0.15) is 0 Å². The van der Waals surface area contributed by atoms with Crippen LogP contribution in [-0.2, 0) is 29.0 Å². The van der Waals surface area contributed by atoms with E-state index in [0.29, 0.717) is 34.3 Å². The topological polar surface area (TPSA) is 58.6 Å². The summed E-state index contributed by atoms with van der Waals surface area (Å²) in [4.78, 5) is 28.8. The Balaban J connectivity index is 1.93. The number of carbonyl (C=O) groups excluding carboxylic acids is 2. The molecule has 0 aliphatic heterocycles. The largest absolute Gasteiger partial charge is 0.483 e. The van der Waals surface area contributed by atoms with Gasteiger partial charge in [-0.05, 0) is 69.2 Å². The van der Waals surface area contributed by atoms with Gasteiger partial charge >= 0.3 is 0 Å². The predicted molar refractivity (Wildman–Crippen MR) is 158 cm³/mol. The van der Waals surface area contributed by atoms with E-state index >= 15 is 0 Å². The van der Waals surface area contributed by atoms with E-state index in [1.807, 2.05) is 62.4 Å². The standard InChI is InChI=1S/C30H33BrCl2N2O3/c1-4-21-10-13-28(25(31)14-21)38-19-29(36)35(18-23-11-12-24(32)16-26(23)33)27(30(37)34-17-20(2)3)15-22-8-6-5-7-9-22/h5-14,16,20,27H,4,15,17-19H2,1-3H3,(H,34,37)/t27-/m1/s1. The van der Waals surface area contributed by atoms with Crippen LogP contribution in [0.1, 0.15) is 37.5 Å². The van der Waals surface area contributed by atoms with Crippen molar-refractivity contribution >= 4 is 50.9 Å². The Bertz CT molecular complexity index is 1240. The third-order valence-electron chi connectivity index (χ3n) is 6.07. The molecule has 0 radical (unpaired) electrons. The first-order valence-electron chi connectivity index (χ1n) is 12.6. The number of halogens is 3. The maximum atomic E-state index is 13.7. The van der Waals surface area contributed by atoms with Gasteiger partial charge in [0.1, 0.15) is 11.8 Å². The van der Waals surface area contributed by atoms with Crippen LogP contribution in [0.15, 0.2) is 71.2 Å². The first kappa shape index (κ1) is 30.0. The van der Waals surface area contributed by atoms with Gasteiger partial charge in [-0.15, -0.1) is 0 Å². The first-order valence-corrected chi connectivity index (χ1v) is 14.2. The number of hydrogen-bond donors (Lipinski definition) is 1. The minimum Gasteiger partial charge on any atom is -0.483 e. The van der Waals surface area contributed by atoms with Gasteiger partial charge in [-0.3, -0.25) is 9.59 Å². The lowest BCUT2D eigenvalue weighted by Gasteiger charge is -2.32. The Morgan fingerprint density at radius 3 is 2.37 bits per heavy atom. The van der Waals surface area contributed by atoms with Crippen LogP contribution in [-0.4, -0.2) is 35.9 Å². The molecule has 3 rings (SSSR count). The molecule has 0 heterocycles. The number of aryl methyl sites for hydroxylation is 1. The first-order chi connectivity index (χ1) is 18.2. The molecule has 8 heteroatoms. The summed E-state index contributed by atoms with van der Waals surface area (Å²) in [5, 5.41) is 3.93. The summed E-state index contributed by atoms with van der Waals surface area (Å²) >= 11 is 16.1. The number of amides is 2. The average Bonchev–Trinajstić information content (AvgIpc) is 2.90. The molecule has 0 unspecified atom stereocenters. The molecule has 1 N–H and O–H groups in total. The zero-order chi connectivity index (χ0) is 27.7. The number of hydrogen-bond acceptors (Lipinski definition) is 3. The van der Waals surface area contributed by atoms with E-state index in [-0.39, 0.29) is 30.9 Å². The van der Waals surface area contributed by atoms with E-state index < -0.39 is 6.04 Å². The average molecular weight is 620 g/mol. The lowest BCUT2D eigenvalue weighted by molar-refractivity contribution is -0.142. The Morgan fingerprint density at radius 2 is 1.74 bits per heavy atom. The van der Waals surface area contributed by atoms with Crippen molar-refractivity contribution in [2.75, 3.05) is 13.2 Å². The van der Waals surface area contributed by atoms with Crippen molar-refractivity contribution in [1.82, 2.24) is 10.2 Å². The molecule has 0 saturated heterocycles. The molecule has 0 fully saturated rings. The molecular formula is C30H33BrCl2N2O3. The normalized spacial score (nSPS) is 11.8. The van der Waals surface area contributed by atoms with Crippen LogP contribution in [0.5, 0.6) is 5.75 Å². The highest BCUT2D eigenvalue weighted by Crippen LogP contribution is 2.27. The molecule has 1 atom stereocenters. The molecule has 3 aromatic carbocycles. The van der Waals surface area contributed by atoms with Crippen LogP contribution >= 0.6 is 39.1 Å². The second-order valence-corrected chi connectivity index (χ2v) is 11.2. The van der Waals surface area contributed by atoms with Crippen LogP contribution in [0.25, 0.3) is 0 Å². The zero-order valence-electron chi connectivity index (χ0n) is 21.8. The summed E-state index contributed by atoms with van der Waals surface area (Å²) in [6, 6.07) is 19.8.